The average molecular weight is 234 g/mol. The van der Waals surface area contributed by atoms with E-state index in [1.165, 1.54) is 4.68 Å². The Balaban J connectivity index is 2.58. The molecule has 0 fully saturated rings. The summed E-state index contributed by atoms with van der Waals surface area (Å²) in [5, 5.41) is 15.6. The third-order valence-electron chi connectivity index (χ3n) is 2.23. The molecular weight excluding hydrogens is 216 g/mol. The number of nitrogens with one attached hydrogen (secondary N) is 1. The van der Waals surface area contributed by atoms with Crippen LogP contribution in [0, 0.1) is 11.3 Å². The highest BCUT2D eigenvalue weighted by atomic mass is 16.1. The fraction of sp³-hybridized carbons (Fsp3) is 0.583. The summed E-state index contributed by atoms with van der Waals surface area (Å²) in [5.41, 5.74) is 0.644. The van der Waals surface area contributed by atoms with Crippen molar-refractivity contribution < 1.29 is 0 Å². The standard InChI is InChI=1S/C12H18N4O/c1-10(2)15-11-8-12(17)16(14-9-11)7-5-3-4-6-13/h8-10,15H,3-5,7H2,1-2H3. The molecule has 0 atom stereocenters. The molecule has 5 heteroatoms. The van der Waals surface area contributed by atoms with E-state index >= 15 is 0 Å². The van der Waals surface area contributed by atoms with Gasteiger partial charge in [0.15, 0.2) is 0 Å². The van der Waals surface area contributed by atoms with Crippen molar-refractivity contribution in [3.63, 3.8) is 0 Å². The quantitative estimate of drug-likeness (QED) is 0.761. The van der Waals surface area contributed by atoms with Gasteiger partial charge in [0.2, 0.25) is 0 Å². The van der Waals surface area contributed by atoms with Gasteiger partial charge >= 0.3 is 0 Å². The van der Waals surface area contributed by atoms with Crippen molar-refractivity contribution >= 4 is 5.69 Å². The fourth-order valence-electron chi connectivity index (χ4n) is 1.48. The van der Waals surface area contributed by atoms with E-state index in [-0.39, 0.29) is 11.6 Å². The highest BCUT2D eigenvalue weighted by molar-refractivity contribution is 5.39. The van der Waals surface area contributed by atoms with Gasteiger partial charge in [-0.15, -0.1) is 0 Å². The van der Waals surface area contributed by atoms with E-state index in [2.05, 4.69) is 16.5 Å². The molecule has 1 rings (SSSR count). The summed E-state index contributed by atoms with van der Waals surface area (Å²) in [7, 11) is 0. The van der Waals surface area contributed by atoms with Gasteiger partial charge in [-0.2, -0.15) is 10.4 Å². The van der Waals surface area contributed by atoms with Crippen LogP contribution in [-0.4, -0.2) is 15.8 Å². The molecule has 0 bridgehead atoms. The molecule has 0 saturated heterocycles. The van der Waals surface area contributed by atoms with Crippen molar-refractivity contribution in [3.05, 3.63) is 22.6 Å². The van der Waals surface area contributed by atoms with Gasteiger partial charge in [-0.1, -0.05) is 0 Å². The van der Waals surface area contributed by atoms with Gasteiger partial charge in [-0.3, -0.25) is 4.79 Å². The second kappa shape index (κ2) is 6.69. The van der Waals surface area contributed by atoms with Crippen LogP contribution in [0.25, 0.3) is 0 Å². The number of aryl methyl sites for hydroxylation is 1. The topological polar surface area (TPSA) is 70.7 Å². The molecule has 0 aliphatic heterocycles. The van der Waals surface area contributed by atoms with Crippen molar-refractivity contribution in [3.8, 4) is 6.07 Å². The SMILES string of the molecule is CC(C)Nc1cnn(CCCCC#N)c(=O)c1. The lowest BCUT2D eigenvalue weighted by Gasteiger charge is -2.10. The first-order valence-electron chi connectivity index (χ1n) is 5.84. The van der Waals surface area contributed by atoms with Crippen LogP contribution >= 0.6 is 0 Å². The van der Waals surface area contributed by atoms with Gasteiger partial charge in [0.25, 0.3) is 5.56 Å². The molecule has 0 amide bonds. The zero-order chi connectivity index (χ0) is 12.7. The lowest BCUT2D eigenvalue weighted by Crippen LogP contribution is -2.23. The summed E-state index contributed by atoms with van der Waals surface area (Å²) < 4.78 is 1.43. The van der Waals surface area contributed by atoms with Crippen LogP contribution in [0.4, 0.5) is 5.69 Å². The Bertz CT molecular complexity index is 445. The van der Waals surface area contributed by atoms with Crippen LogP contribution in [0.2, 0.25) is 0 Å². The first-order valence-corrected chi connectivity index (χ1v) is 5.84. The zero-order valence-corrected chi connectivity index (χ0v) is 10.3. The summed E-state index contributed by atoms with van der Waals surface area (Å²) in [6.07, 6.45) is 3.79. The van der Waals surface area contributed by atoms with Gasteiger partial charge in [0.1, 0.15) is 0 Å². The van der Waals surface area contributed by atoms with Gasteiger partial charge in [0.05, 0.1) is 18.0 Å². The third-order valence-corrected chi connectivity index (χ3v) is 2.23. The molecule has 1 heterocycles. The molecule has 0 spiro atoms. The number of unbranched alkanes of at least 4 members (excludes halogenated alkanes) is 2. The van der Waals surface area contributed by atoms with Crippen molar-refractivity contribution in [2.75, 3.05) is 5.32 Å². The lowest BCUT2D eigenvalue weighted by atomic mass is 10.2. The summed E-state index contributed by atoms with van der Waals surface area (Å²) in [4.78, 5) is 11.7. The molecule has 5 nitrogen and oxygen atoms in total. The maximum Gasteiger partial charge on any atom is 0.268 e. The Kier molecular flexibility index (Phi) is 5.21. The molecule has 0 saturated carbocycles. The fourth-order valence-corrected chi connectivity index (χ4v) is 1.48. The summed E-state index contributed by atoms with van der Waals surface area (Å²) >= 11 is 0. The van der Waals surface area contributed by atoms with E-state index in [9.17, 15) is 4.79 Å². The van der Waals surface area contributed by atoms with E-state index < -0.39 is 0 Å². The highest BCUT2D eigenvalue weighted by Crippen LogP contribution is 2.02. The second-order valence-corrected chi connectivity index (χ2v) is 4.22. The Morgan fingerprint density at radius 2 is 2.29 bits per heavy atom. The van der Waals surface area contributed by atoms with Crippen molar-refractivity contribution in [1.82, 2.24) is 9.78 Å². The minimum Gasteiger partial charge on any atom is -0.381 e. The predicted molar refractivity (Wildman–Crippen MR) is 66.7 cm³/mol. The minimum atomic E-state index is -0.104. The van der Waals surface area contributed by atoms with E-state index in [1.54, 1.807) is 12.3 Å². The van der Waals surface area contributed by atoms with Crippen LogP contribution in [0.3, 0.4) is 0 Å². The van der Waals surface area contributed by atoms with Crippen LogP contribution in [0.5, 0.6) is 0 Å². The number of hydrogen-bond acceptors (Lipinski definition) is 4. The number of nitrogens with zero attached hydrogens (tertiary/aromatic N) is 3. The molecule has 92 valence electrons. The number of hydrogen-bond donors (Lipinski definition) is 1. The van der Waals surface area contributed by atoms with Gasteiger partial charge < -0.3 is 5.32 Å². The molecule has 0 aliphatic rings. The van der Waals surface area contributed by atoms with Crippen molar-refractivity contribution in [2.45, 2.75) is 45.7 Å². The van der Waals surface area contributed by atoms with Gasteiger partial charge in [-0.25, -0.2) is 4.68 Å². The predicted octanol–water partition coefficient (Wildman–Crippen LogP) is 1.76. The monoisotopic (exact) mass is 234 g/mol. The maximum atomic E-state index is 11.7. The maximum absolute atomic E-state index is 11.7. The van der Waals surface area contributed by atoms with Crippen molar-refractivity contribution in [1.29, 1.82) is 5.26 Å². The van der Waals surface area contributed by atoms with E-state index in [1.807, 2.05) is 13.8 Å². The van der Waals surface area contributed by atoms with Gasteiger partial charge in [0, 0.05) is 25.1 Å². The average Bonchev–Trinajstić information content (AvgIpc) is 2.26. The molecule has 1 N–H and O–H groups in total. The first-order chi connectivity index (χ1) is 8.13. The number of rotatable bonds is 6. The van der Waals surface area contributed by atoms with E-state index in [4.69, 9.17) is 5.26 Å². The van der Waals surface area contributed by atoms with E-state index in [0.717, 1.165) is 18.5 Å². The zero-order valence-electron chi connectivity index (χ0n) is 10.3. The van der Waals surface area contributed by atoms with Gasteiger partial charge in [-0.05, 0) is 26.7 Å². The number of nitriles is 1. The molecule has 0 radical (unpaired) electrons. The molecule has 0 aliphatic carbocycles. The van der Waals surface area contributed by atoms with E-state index in [0.29, 0.717) is 13.0 Å². The molecule has 1 aromatic rings. The van der Waals surface area contributed by atoms with Crippen molar-refractivity contribution in [2.24, 2.45) is 0 Å². The first kappa shape index (κ1) is 13.2. The molecule has 1 aromatic heterocycles. The summed E-state index contributed by atoms with van der Waals surface area (Å²) in [5.74, 6) is 0. The summed E-state index contributed by atoms with van der Waals surface area (Å²) in [6.45, 7) is 4.59. The second-order valence-electron chi connectivity index (χ2n) is 4.22. The highest BCUT2D eigenvalue weighted by Gasteiger charge is 2.01. The molecule has 0 unspecified atom stereocenters. The molecule has 0 aromatic carbocycles. The lowest BCUT2D eigenvalue weighted by molar-refractivity contribution is 0.535. The Morgan fingerprint density at radius 1 is 1.53 bits per heavy atom. The Morgan fingerprint density at radius 3 is 2.88 bits per heavy atom. The number of aromatic nitrogens is 2. The third kappa shape index (κ3) is 4.68. The molecule has 17 heavy (non-hydrogen) atoms. The normalized spacial score (nSPS) is 10.2. The Hall–Kier alpha value is -1.83. The minimum absolute atomic E-state index is 0.104. The number of anilines is 1. The van der Waals surface area contributed by atoms with Crippen LogP contribution in [0.1, 0.15) is 33.1 Å². The van der Waals surface area contributed by atoms with Crippen LogP contribution in [-0.2, 0) is 6.54 Å². The molecular formula is C12H18N4O. The largest absolute Gasteiger partial charge is 0.381 e. The summed E-state index contributed by atoms with van der Waals surface area (Å²) in [6, 6.07) is 3.91. The Labute approximate surface area is 101 Å². The van der Waals surface area contributed by atoms with Crippen LogP contribution in [0.15, 0.2) is 17.1 Å². The smallest absolute Gasteiger partial charge is 0.268 e. The van der Waals surface area contributed by atoms with Crippen LogP contribution < -0.4 is 10.9 Å².